The Hall–Kier alpha value is -2.66. The molecule has 0 unspecified atom stereocenters. The van der Waals surface area contributed by atoms with Gasteiger partial charge in [-0.1, -0.05) is 36.4 Å². The van der Waals surface area contributed by atoms with Crippen molar-refractivity contribution in [3.63, 3.8) is 0 Å². The van der Waals surface area contributed by atoms with Crippen LogP contribution >= 0.6 is 0 Å². The summed E-state index contributed by atoms with van der Waals surface area (Å²) in [5, 5.41) is 9.87. The maximum absolute atomic E-state index is 8.82. The average Bonchev–Trinajstić information content (AvgIpc) is 2.47. The van der Waals surface area contributed by atoms with Crippen molar-refractivity contribution in [3.8, 4) is 17.2 Å². The van der Waals surface area contributed by atoms with E-state index in [4.69, 9.17) is 5.26 Å². The molecule has 18 heavy (non-hydrogen) atoms. The summed E-state index contributed by atoms with van der Waals surface area (Å²) in [5.41, 5.74) is 3.65. The van der Waals surface area contributed by atoms with Crippen LogP contribution in [0.5, 0.6) is 0 Å². The Morgan fingerprint density at radius 2 is 1.67 bits per heavy atom. The third-order valence-corrected chi connectivity index (χ3v) is 2.91. The molecule has 0 radical (unpaired) electrons. The number of rotatable bonds is 1. The Kier molecular flexibility index (Phi) is 2.51. The van der Waals surface area contributed by atoms with Crippen molar-refractivity contribution in [1.82, 2.24) is 4.98 Å². The predicted molar refractivity (Wildman–Crippen MR) is 71.9 cm³/mol. The predicted octanol–water partition coefficient (Wildman–Crippen LogP) is 3.77. The minimum atomic E-state index is 0.454. The highest BCUT2D eigenvalue weighted by Crippen LogP contribution is 2.23. The fraction of sp³-hybridized carbons (Fsp3) is 0. The lowest BCUT2D eigenvalue weighted by molar-refractivity contribution is 1.32. The van der Waals surface area contributed by atoms with Gasteiger partial charge in [0.05, 0.1) is 5.52 Å². The van der Waals surface area contributed by atoms with Gasteiger partial charge in [0.25, 0.3) is 0 Å². The number of nitrogens with zero attached hydrogens (tertiary/aromatic N) is 2. The van der Waals surface area contributed by atoms with E-state index in [-0.39, 0.29) is 0 Å². The molecular formula is C16H10N2. The van der Waals surface area contributed by atoms with Gasteiger partial charge in [0.15, 0.2) is 0 Å². The van der Waals surface area contributed by atoms with Gasteiger partial charge < -0.3 is 0 Å². The zero-order valence-electron chi connectivity index (χ0n) is 9.67. The van der Waals surface area contributed by atoms with E-state index in [1.54, 1.807) is 6.07 Å². The molecule has 0 spiro atoms. The Bertz CT molecular complexity index is 740. The first kappa shape index (κ1) is 10.5. The summed E-state index contributed by atoms with van der Waals surface area (Å²) in [6.45, 7) is 0. The van der Waals surface area contributed by atoms with Crippen molar-refractivity contribution < 1.29 is 0 Å². The molecule has 0 fully saturated rings. The van der Waals surface area contributed by atoms with E-state index < -0.39 is 0 Å². The quantitative estimate of drug-likeness (QED) is 0.638. The molecule has 0 atom stereocenters. The first-order valence-electron chi connectivity index (χ1n) is 5.73. The standard InChI is InChI=1S/C16H10N2/c17-11-15-8-6-14-10-13(7-9-16(14)18-15)12-4-2-1-3-5-12/h1-10H. The molecule has 2 heteroatoms. The molecule has 84 valence electrons. The highest BCUT2D eigenvalue weighted by atomic mass is 14.7. The summed E-state index contributed by atoms with van der Waals surface area (Å²) in [4.78, 5) is 4.27. The maximum atomic E-state index is 8.82. The molecule has 0 aliphatic carbocycles. The van der Waals surface area contributed by atoms with Crippen molar-refractivity contribution in [2.45, 2.75) is 0 Å². The second-order valence-corrected chi connectivity index (χ2v) is 4.08. The van der Waals surface area contributed by atoms with E-state index in [0.717, 1.165) is 16.5 Å². The number of hydrogen-bond donors (Lipinski definition) is 0. The fourth-order valence-corrected chi connectivity index (χ4v) is 2.00. The second-order valence-electron chi connectivity index (χ2n) is 4.08. The van der Waals surface area contributed by atoms with Crippen LogP contribution in [0.15, 0.2) is 60.7 Å². The summed E-state index contributed by atoms with van der Waals surface area (Å²) in [7, 11) is 0. The smallest absolute Gasteiger partial charge is 0.141 e. The number of nitriles is 1. The molecule has 0 aliphatic heterocycles. The monoisotopic (exact) mass is 230 g/mol. The van der Waals surface area contributed by atoms with Crippen LogP contribution in [-0.4, -0.2) is 4.98 Å². The van der Waals surface area contributed by atoms with Gasteiger partial charge in [0, 0.05) is 5.39 Å². The highest BCUT2D eigenvalue weighted by molar-refractivity contribution is 5.84. The lowest BCUT2D eigenvalue weighted by atomic mass is 10.0. The Labute approximate surface area is 105 Å². The fourth-order valence-electron chi connectivity index (χ4n) is 2.00. The van der Waals surface area contributed by atoms with E-state index in [1.165, 1.54) is 5.56 Å². The molecule has 2 aromatic carbocycles. The molecule has 0 bridgehead atoms. The minimum absolute atomic E-state index is 0.454. The van der Waals surface area contributed by atoms with E-state index in [9.17, 15) is 0 Å². The first-order valence-corrected chi connectivity index (χ1v) is 5.73. The zero-order valence-corrected chi connectivity index (χ0v) is 9.67. The van der Waals surface area contributed by atoms with E-state index in [1.807, 2.05) is 36.4 Å². The maximum Gasteiger partial charge on any atom is 0.141 e. The van der Waals surface area contributed by atoms with Gasteiger partial charge in [-0.25, -0.2) is 4.98 Å². The highest BCUT2D eigenvalue weighted by Gasteiger charge is 2.01. The molecule has 0 aliphatic rings. The van der Waals surface area contributed by atoms with Crippen LogP contribution in [-0.2, 0) is 0 Å². The lowest BCUT2D eigenvalue weighted by Gasteiger charge is -2.03. The Morgan fingerprint density at radius 1 is 0.833 bits per heavy atom. The molecule has 0 saturated carbocycles. The molecule has 2 nitrogen and oxygen atoms in total. The lowest BCUT2D eigenvalue weighted by Crippen LogP contribution is -1.85. The van der Waals surface area contributed by atoms with Gasteiger partial charge in [-0.15, -0.1) is 0 Å². The molecule has 1 heterocycles. The van der Waals surface area contributed by atoms with Gasteiger partial charge in [0.1, 0.15) is 11.8 Å². The van der Waals surface area contributed by atoms with Crippen LogP contribution in [0.4, 0.5) is 0 Å². The number of fused-ring (bicyclic) bond motifs is 1. The Morgan fingerprint density at radius 3 is 2.44 bits per heavy atom. The van der Waals surface area contributed by atoms with E-state index in [2.05, 4.69) is 29.3 Å². The van der Waals surface area contributed by atoms with Crippen molar-refractivity contribution >= 4 is 10.9 Å². The minimum Gasteiger partial charge on any atom is -0.237 e. The molecule has 0 N–H and O–H groups in total. The van der Waals surface area contributed by atoms with Gasteiger partial charge in [-0.2, -0.15) is 5.26 Å². The molecule has 0 saturated heterocycles. The van der Waals surface area contributed by atoms with Gasteiger partial charge >= 0.3 is 0 Å². The third kappa shape index (κ3) is 1.83. The summed E-state index contributed by atoms with van der Waals surface area (Å²) in [6, 6.07) is 22.0. The zero-order chi connectivity index (χ0) is 12.4. The largest absolute Gasteiger partial charge is 0.237 e. The van der Waals surface area contributed by atoms with E-state index in [0.29, 0.717) is 5.69 Å². The number of hydrogen-bond acceptors (Lipinski definition) is 2. The summed E-state index contributed by atoms with van der Waals surface area (Å²) in [5.74, 6) is 0. The average molecular weight is 230 g/mol. The first-order chi connectivity index (χ1) is 8.86. The third-order valence-electron chi connectivity index (χ3n) is 2.91. The SMILES string of the molecule is N#Cc1ccc2cc(-c3ccccc3)ccc2n1. The topological polar surface area (TPSA) is 36.7 Å². The molecule has 3 aromatic rings. The Balaban J connectivity index is 2.16. The summed E-state index contributed by atoms with van der Waals surface area (Å²) >= 11 is 0. The number of benzene rings is 2. The van der Waals surface area contributed by atoms with E-state index >= 15 is 0 Å². The van der Waals surface area contributed by atoms with Crippen LogP contribution < -0.4 is 0 Å². The van der Waals surface area contributed by atoms with Crippen molar-refractivity contribution in [2.75, 3.05) is 0 Å². The van der Waals surface area contributed by atoms with Crippen molar-refractivity contribution in [1.29, 1.82) is 5.26 Å². The van der Waals surface area contributed by atoms with Crippen LogP contribution in [0.3, 0.4) is 0 Å². The van der Waals surface area contributed by atoms with Crippen LogP contribution in [0.2, 0.25) is 0 Å². The molecular weight excluding hydrogens is 220 g/mol. The normalized spacial score (nSPS) is 10.2. The molecule has 1 aromatic heterocycles. The van der Waals surface area contributed by atoms with Crippen LogP contribution in [0.25, 0.3) is 22.0 Å². The summed E-state index contributed by atoms with van der Waals surface area (Å²) < 4.78 is 0. The number of aromatic nitrogens is 1. The molecule has 3 rings (SSSR count). The van der Waals surface area contributed by atoms with Crippen molar-refractivity contribution in [3.05, 3.63) is 66.4 Å². The van der Waals surface area contributed by atoms with Crippen LogP contribution in [0.1, 0.15) is 5.69 Å². The summed E-state index contributed by atoms with van der Waals surface area (Å²) in [6.07, 6.45) is 0. The number of pyridine rings is 1. The van der Waals surface area contributed by atoms with Gasteiger partial charge in [-0.3, -0.25) is 0 Å². The molecule has 0 amide bonds. The van der Waals surface area contributed by atoms with Gasteiger partial charge in [0.2, 0.25) is 0 Å². The van der Waals surface area contributed by atoms with Gasteiger partial charge in [-0.05, 0) is 35.4 Å². The second kappa shape index (κ2) is 4.31. The van der Waals surface area contributed by atoms with Crippen molar-refractivity contribution in [2.24, 2.45) is 0 Å². The van der Waals surface area contributed by atoms with Crippen LogP contribution in [0, 0.1) is 11.3 Å².